The van der Waals surface area contributed by atoms with Crippen molar-refractivity contribution in [1.29, 1.82) is 0 Å². The van der Waals surface area contributed by atoms with Gasteiger partial charge in [-0.2, -0.15) is 17.5 Å². The molecular weight excluding hydrogens is 469 g/mol. The number of sulfonamides is 1. The number of hydrogen-bond donors (Lipinski definition) is 1. The number of carbonyl (C=O) groups is 1. The van der Waals surface area contributed by atoms with Gasteiger partial charge in [-0.3, -0.25) is 4.79 Å². The molecule has 0 atom stereocenters. The Morgan fingerprint density at radius 1 is 1.19 bits per heavy atom. The predicted molar refractivity (Wildman–Crippen MR) is 113 cm³/mol. The van der Waals surface area contributed by atoms with Gasteiger partial charge in [-0.1, -0.05) is 23.7 Å². The zero-order chi connectivity index (χ0) is 23.5. The van der Waals surface area contributed by atoms with Crippen LogP contribution in [0.3, 0.4) is 0 Å². The van der Waals surface area contributed by atoms with E-state index in [0.29, 0.717) is 18.4 Å². The molecule has 2 aromatic rings. The number of alkyl halides is 3. The van der Waals surface area contributed by atoms with Gasteiger partial charge in [0.2, 0.25) is 15.9 Å². The molecule has 1 aliphatic rings. The maximum absolute atomic E-state index is 13.1. The lowest BCUT2D eigenvalue weighted by Crippen LogP contribution is -2.42. The van der Waals surface area contributed by atoms with Gasteiger partial charge in [0.25, 0.3) is 0 Å². The van der Waals surface area contributed by atoms with Crippen molar-refractivity contribution >= 4 is 27.5 Å². The van der Waals surface area contributed by atoms with E-state index in [1.54, 1.807) is 19.2 Å². The normalized spacial score (nSPS) is 16.0. The van der Waals surface area contributed by atoms with Gasteiger partial charge >= 0.3 is 6.18 Å². The average Bonchev–Trinajstić information content (AvgIpc) is 2.77. The van der Waals surface area contributed by atoms with E-state index in [0.717, 1.165) is 22.0 Å². The molecule has 1 N–H and O–H groups in total. The third-order valence-corrected chi connectivity index (χ3v) is 7.53. The molecule has 1 heterocycles. The number of rotatable bonds is 6. The second-order valence-electron chi connectivity index (χ2n) is 7.39. The van der Waals surface area contributed by atoms with Crippen molar-refractivity contribution in [2.75, 3.05) is 20.2 Å². The number of amides is 1. The third-order valence-electron chi connectivity index (χ3n) is 5.31. The van der Waals surface area contributed by atoms with Crippen LogP contribution in [0.15, 0.2) is 47.4 Å². The summed E-state index contributed by atoms with van der Waals surface area (Å²) in [6.45, 7) is 0.368. The minimum absolute atomic E-state index is 0.0313. The Bertz CT molecular complexity index is 1080. The lowest BCUT2D eigenvalue weighted by atomic mass is 9.97. The monoisotopic (exact) mass is 490 g/mol. The molecule has 3 rings (SSSR count). The molecule has 2 aromatic carbocycles. The first-order chi connectivity index (χ1) is 15.0. The van der Waals surface area contributed by atoms with Gasteiger partial charge in [0, 0.05) is 25.6 Å². The average molecular weight is 491 g/mol. The Labute approximate surface area is 189 Å². The first-order valence-electron chi connectivity index (χ1n) is 9.80. The van der Waals surface area contributed by atoms with Crippen molar-refractivity contribution in [3.63, 3.8) is 0 Å². The summed E-state index contributed by atoms with van der Waals surface area (Å²) >= 11 is 5.58. The number of hydrogen-bond acceptors (Lipinski definition) is 4. The largest absolute Gasteiger partial charge is 0.497 e. The molecule has 11 heteroatoms. The summed E-state index contributed by atoms with van der Waals surface area (Å²) in [5, 5.41) is 2.27. The summed E-state index contributed by atoms with van der Waals surface area (Å²) in [4.78, 5) is 12.0. The van der Waals surface area contributed by atoms with Crippen molar-refractivity contribution in [3.05, 3.63) is 58.6 Å². The number of piperidine rings is 1. The molecule has 32 heavy (non-hydrogen) atoms. The van der Waals surface area contributed by atoms with Gasteiger partial charge in [-0.15, -0.1) is 0 Å². The first kappa shape index (κ1) is 24.3. The zero-order valence-electron chi connectivity index (χ0n) is 17.2. The van der Waals surface area contributed by atoms with Gasteiger partial charge in [0.15, 0.2) is 0 Å². The number of carbonyl (C=O) groups excluding carboxylic acids is 1. The van der Waals surface area contributed by atoms with Crippen LogP contribution in [-0.2, 0) is 27.5 Å². The molecule has 0 spiro atoms. The minimum atomic E-state index is -4.77. The van der Waals surface area contributed by atoms with Crippen LogP contribution in [0.1, 0.15) is 24.0 Å². The van der Waals surface area contributed by atoms with Crippen molar-refractivity contribution in [1.82, 2.24) is 9.62 Å². The van der Waals surface area contributed by atoms with Crippen molar-refractivity contribution in [3.8, 4) is 5.75 Å². The maximum atomic E-state index is 13.1. The van der Waals surface area contributed by atoms with E-state index >= 15 is 0 Å². The Morgan fingerprint density at radius 2 is 1.88 bits per heavy atom. The standard InChI is InChI=1S/C21H22ClF3N2O4S/c1-31-16-4-2-3-14(11-16)13-26-20(28)15-7-9-27(10-8-15)32(29,30)17-5-6-19(22)18(12-17)21(23,24)25/h2-6,11-12,15H,7-10,13H2,1H3,(H,26,28). The Balaban J connectivity index is 1.61. The van der Waals surface area contributed by atoms with E-state index in [9.17, 15) is 26.4 Å². The summed E-state index contributed by atoms with van der Waals surface area (Å²) in [6.07, 6.45) is -4.23. The summed E-state index contributed by atoms with van der Waals surface area (Å²) in [7, 11) is -2.60. The highest BCUT2D eigenvalue weighted by Crippen LogP contribution is 2.36. The number of benzene rings is 2. The number of ether oxygens (including phenoxy) is 1. The van der Waals surface area contributed by atoms with Crippen molar-refractivity contribution in [2.24, 2.45) is 5.92 Å². The molecule has 1 saturated heterocycles. The van der Waals surface area contributed by atoms with E-state index in [1.807, 2.05) is 12.1 Å². The van der Waals surface area contributed by atoms with Crippen LogP contribution in [-0.4, -0.2) is 38.8 Å². The van der Waals surface area contributed by atoms with Gasteiger partial charge in [-0.25, -0.2) is 8.42 Å². The summed E-state index contributed by atoms with van der Waals surface area (Å²) in [5.74, 6) is 0.0878. The second kappa shape index (κ2) is 9.68. The number of nitrogens with one attached hydrogen (secondary N) is 1. The Kier molecular flexibility index (Phi) is 7.36. The van der Waals surface area contributed by atoms with Gasteiger partial charge in [0.05, 0.1) is 22.6 Å². The van der Waals surface area contributed by atoms with Gasteiger partial charge in [0.1, 0.15) is 5.75 Å². The van der Waals surface area contributed by atoms with Crippen LogP contribution in [0.5, 0.6) is 5.75 Å². The molecule has 1 fully saturated rings. The molecule has 0 saturated carbocycles. The highest BCUT2D eigenvalue weighted by atomic mass is 35.5. The summed E-state index contributed by atoms with van der Waals surface area (Å²) in [5.41, 5.74) is -0.340. The molecule has 0 aromatic heterocycles. The lowest BCUT2D eigenvalue weighted by Gasteiger charge is -2.30. The smallest absolute Gasteiger partial charge is 0.417 e. The molecular formula is C21H22ClF3N2O4S. The first-order valence-corrected chi connectivity index (χ1v) is 11.6. The SMILES string of the molecule is COc1cccc(CNC(=O)C2CCN(S(=O)(=O)c3ccc(Cl)c(C(F)(F)F)c3)CC2)c1. The van der Waals surface area contributed by atoms with Crippen molar-refractivity contribution in [2.45, 2.75) is 30.5 Å². The Morgan fingerprint density at radius 3 is 2.50 bits per heavy atom. The molecule has 6 nitrogen and oxygen atoms in total. The van der Waals surface area contributed by atoms with Gasteiger partial charge in [-0.05, 0) is 48.7 Å². The molecule has 0 unspecified atom stereocenters. The minimum Gasteiger partial charge on any atom is -0.497 e. The summed E-state index contributed by atoms with van der Waals surface area (Å²) in [6, 6.07) is 9.78. The predicted octanol–water partition coefficient (Wildman–Crippen LogP) is 4.08. The molecule has 0 radical (unpaired) electrons. The summed E-state index contributed by atoms with van der Waals surface area (Å²) < 4.78 is 71.2. The number of halogens is 4. The van der Waals surface area contributed by atoms with Crippen LogP contribution in [0, 0.1) is 5.92 Å². The molecule has 174 valence electrons. The van der Waals surface area contributed by atoms with E-state index in [2.05, 4.69) is 5.32 Å². The highest BCUT2D eigenvalue weighted by molar-refractivity contribution is 7.89. The fourth-order valence-corrected chi connectivity index (χ4v) is 5.23. The van der Waals surface area contributed by atoms with Crippen molar-refractivity contribution < 1.29 is 31.1 Å². The zero-order valence-corrected chi connectivity index (χ0v) is 18.7. The van der Waals surface area contributed by atoms with Crippen LogP contribution in [0.25, 0.3) is 0 Å². The molecule has 1 aliphatic heterocycles. The van der Waals surface area contributed by atoms with Crippen LogP contribution >= 0.6 is 11.6 Å². The molecule has 1 amide bonds. The molecule has 0 bridgehead atoms. The van der Waals surface area contributed by atoms with E-state index < -0.39 is 31.7 Å². The van der Waals surface area contributed by atoms with E-state index in [-0.39, 0.29) is 37.8 Å². The van der Waals surface area contributed by atoms with E-state index in [4.69, 9.17) is 16.3 Å². The van der Waals surface area contributed by atoms with E-state index in [1.165, 1.54) is 0 Å². The highest BCUT2D eigenvalue weighted by Gasteiger charge is 2.37. The van der Waals surface area contributed by atoms with Crippen LogP contribution in [0.2, 0.25) is 5.02 Å². The second-order valence-corrected chi connectivity index (χ2v) is 9.73. The van der Waals surface area contributed by atoms with Crippen LogP contribution < -0.4 is 10.1 Å². The fourth-order valence-electron chi connectivity index (χ4n) is 3.51. The molecule has 0 aliphatic carbocycles. The van der Waals surface area contributed by atoms with Gasteiger partial charge < -0.3 is 10.1 Å². The maximum Gasteiger partial charge on any atom is 0.417 e. The number of methoxy groups -OCH3 is 1. The topological polar surface area (TPSA) is 75.7 Å². The van der Waals surface area contributed by atoms with Crippen LogP contribution in [0.4, 0.5) is 13.2 Å². The quantitative estimate of drug-likeness (QED) is 0.662. The third kappa shape index (κ3) is 5.54. The Hall–Kier alpha value is -2.30. The number of nitrogens with zero attached hydrogens (tertiary/aromatic N) is 1. The fraction of sp³-hybridized carbons (Fsp3) is 0.381. The lowest BCUT2D eigenvalue weighted by molar-refractivity contribution is -0.137.